The molecule has 1 fully saturated rings. The number of hydrogen-bond donors (Lipinski definition) is 1. The van der Waals surface area contributed by atoms with Crippen molar-refractivity contribution >= 4 is 11.5 Å². The molecule has 0 spiro atoms. The Bertz CT molecular complexity index is 650. The maximum atomic E-state index is 11.4. The van der Waals surface area contributed by atoms with E-state index in [0.717, 1.165) is 30.9 Å². The topological polar surface area (TPSA) is 57.8 Å². The third kappa shape index (κ3) is 2.78. The lowest BCUT2D eigenvalue weighted by Crippen LogP contribution is -2.36. The molecule has 1 aliphatic rings. The highest BCUT2D eigenvalue weighted by molar-refractivity contribution is 5.86. The standard InChI is InChI=1S/C16H21N3O2/c1-2-18-8-4-5-12(11-18)9-15-17-10-13-6-3-7-14(16(20)21)19(13)15/h3,6-7,10,12H,2,4-5,8-9,11H2,1H3,(H,20,21). The molecule has 1 unspecified atom stereocenters. The predicted octanol–water partition coefficient (Wildman–Crippen LogP) is 2.31. The Labute approximate surface area is 124 Å². The molecule has 0 amide bonds. The molecular formula is C16H21N3O2. The molecule has 112 valence electrons. The summed E-state index contributed by atoms with van der Waals surface area (Å²) in [7, 11) is 0. The summed E-state index contributed by atoms with van der Waals surface area (Å²) in [4.78, 5) is 18.3. The van der Waals surface area contributed by atoms with Crippen molar-refractivity contribution in [3.05, 3.63) is 35.9 Å². The lowest BCUT2D eigenvalue weighted by molar-refractivity contribution is 0.0688. The van der Waals surface area contributed by atoms with Crippen molar-refractivity contribution in [3.8, 4) is 0 Å². The van der Waals surface area contributed by atoms with Gasteiger partial charge in [0.15, 0.2) is 0 Å². The van der Waals surface area contributed by atoms with Gasteiger partial charge in [-0.1, -0.05) is 13.0 Å². The zero-order chi connectivity index (χ0) is 14.8. The third-order valence-electron chi connectivity index (χ3n) is 4.36. The Kier molecular flexibility index (Phi) is 3.92. The summed E-state index contributed by atoms with van der Waals surface area (Å²) in [6.07, 6.45) is 5.02. The van der Waals surface area contributed by atoms with Gasteiger partial charge in [0.1, 0.15) is 11.5 Å². The summed E-state index contributed by atoms with van der Waals surface area (Å²) in [6, 6.07) is 5.31. The van der Waals surface area contributed by atoms with Gasteiger partial charge in [0.05, 0.1) is 11.7 Å². The highest BCUT2D eigenvalue weighted by Crippen LogP contribution is 2.21. The average Bonchev–Trinajstić information content (AvgIpc) is 2.90. The van der Waals surface area contributed by atoms with Crippen LogP contribution in [0.3, 0.4) is 0 Å². The molecular weight excluding hydrogens is 266 g/mol. The fraction of sp³-hybridized carbons (Fsp3) is 0.500. The molecule has 0 saturated carbocycles. The number of rotatable bonds is 4. The minimum absolute atomic E-state index is 0.295. The number of carboxylic acid groups (broad SMARTS) is 1. The normalized spacial score (nSPS) is 20.0. The minimum atomic E-state index is -0.904. The molecule has 2 aromatic rings. The SMILES string of the molecule is CCN1CCCC(Cc2ncc3cccc(C(=O)O)n23)C1. The Morgan fingerprint density at radius 1 is 1.48 bits per heavy atom. The second-order valence-electron chi connectivity index (χ2n) is 5.76. The zero-order valence-electron chi connectivity index (χ0n) is 12.3. The van der Waals surface area contributed by atoms with Gasteiger partial charge in [-0.2, -0.15) is 0 Å². The summed E-state index contributed by atoms with van der Waals surface area (Å²) >= 11 is 0. The van der Waals surface area contributed by atoms with Crippen LogP contribution < -0.4 is 0 Å². The summed E-state index contributed by atoms with van der Waals surface area (Å²) in [5, 5.41) is 9.35. The van der Waals surface area contributed by atoms with E-state index in [4.69, 9.17) is 0 Å². The van der Waals surface area contributed by atoms with Gasteiger partial charge in [-0.15, -0.1) is 0 Å². The first-order valence-electron chi connectivity index (χ1n) is 7.60. The molecule has 3 rings (SSSR count). The van der Waals surface area contributed by atoms with Crippen LogP contribution in [0.2, 0.25) is 0 Å². The number of pyridine rings is 1. The van der Waals surface area contributed by atoms with Crippen LogP contribution in [0.4, 0.5) is 0 Å². The number of aromatic nitrogens is 2. The lowest BCUT2D eigenvalue weighted by atomic mass is 9.94. The molecule has 1 N–H and O–H groups in total. The van der Waals surface area contributed by atoms with E-state index in [-0.39, 0.29) is 0 Å². The van der Waals surface area contributed by atoms with Crippen LogP contribution in [0.25, 0.3) is 5.52 Å². The molecule has 0 aliphatic carbocycles. The van der Waals surface area contributed by atoms with E-state index in [9.17, 15) is 9.90 Å². The van der Waals surface area contributed by atoms with Crippen molar-refractivity contribution in [2.75, 3.05) is 19.6 Å². The fourth-order valence-electron chi connectivity index (χ4n) is 3.29. The average molecular weight is 287 g/mol. The van der Waals surface area contributed by atoms with Crippen molar-refractivity contribution in [1.82, 2.24) is 14.3 Å². The first kappa shape index (κ1) is 14.1. The number of hydrogen-bond acceptors (Lipinski definition) is 3. The second-order valence-corrected chi connectivity index (χ2v) is 5.76. The maximum absolute atomic E-state index is 11.4. The van der Waals surface area contributed by atoms with E-state index in [1.165, 1.54) is 19.4 Å². The molecule has 1 atom stereocenters. The minimum Gasteiger partial charge on any atom is -0.477 e. The van der Waals surface area contributed by atoms with Crippen molar-refractivity contribution in [2.24, 2.45) is 5.92 Å². The molecule has 0 bridgehead atoms. The van der Waals surface area contributed by atoms with E-state index in [1.54, 1.807) is 22.7 Å². The van der Waals surface area contributed by atoms with Gasteiger partial charge in [-0.05, 0) is 44.0 Å². The molecule has 0 aromatic carbocycles. The van der Waals surface area contributed by atoms with Crippen molar-refractivity contribution in [3.63, 3.8) is 0 Å². The van der Waals surface area contributed by atoms with E-state index in [1.807, 2.05) is 6.07 Å². The van der Waals surface area contributed by atoms with Crippen molar-refractivity contribution in [1.29, 1.82) is 0 Å². The third-order valence-corrected chi connectivity index (χ3v) is 4.36. The Morgan fingerprint density at radius 2 is 2.33 bits per heavy atom. The first-order valence-corrected chi connectivity index (χ1v) is 7.60. The molecule has 1 saturated heterocycles. The van der Waals surface area contributed by atoms with Crippen LogP contribution in [0.1, 0.15) is 36.1 Å². The number of imidazole rings is 1. The molecule has 1 aliphatic heterocycles. The van der Waals surface area contributed by atoms with Gasteiger partial charge in [0, 0.05) is 13.0 Å². The fourth-order valence-corrected chi connectivity index (χ4v) is 3.29. The highest BCUT2D eigenvalue weighted by Gasteiger charge is 2.22. The van der Waals surface area contributed by atoms with Crippen LogP contribution in [0, 0.1) is 5.92 Å². The highest BCUT2D eigenvalue weighted by atomic mass is 16.4. The quantitative estimate of drug-likeness (QED) is 0.937. The van der Waals surface area contributed by atoms with Gasteiger partial charge in [-0.3, -0.25) is 4.40 Å². The van der Waals surface area contributed by atoms with Gasteiger partial charge < -0.3 is 10.0 Å². The monoisotopic (exact) mass is 287 g/mol. The molecule has 2 aromatic heterocycles. The van der Waals surface area contributed by atoms with E-state index < -0.39 is 5.97 Å². The number of piperidine rings is 1. The van der Waals surface area contributed by atoms with Crippen molar-refractivity contribution in [2.45, 2.75) is 26.2 Å². The Balaban J connectivity index is 1.89. The summed E-state index contributed by atoms with van der Waals surface area (Å²) in [5.74, 6) is 0.524. The Hall–Kier alpha value is -1.88. The van der Waals surface area contributed by atoms with Crippen LogP contribution in [-0.2, 0) is 6.42 Å². The molecule has 0 radical (unpaired) electrons. The predicted molar refractivity (Wildman–Crippen MR) is 80.7 cm³/mol. The second kappa shape index (κ2) is 5.85. The number of aromatic carboxylic acids is 1. The molecule has 5 heteroatoms. The lowest BCUT2D eigenvalue weighted by Gasteiger charge is -2.31. The van der Waals surface area contributed by atoms with Gasteiger partial charge in [0.2, 0.25) is 0 Å². The number of carboxylic acids is 1. The molecule has 21 heavy (non-hydrogen) atoms. The molecule has 5 nitrogen and oxygen atoms in total. The zero-order valence-corrected chi connectivity index (χ0v) is 12.3. The van der Waals surface area contributed by atoms with Crippen molar-refractivity contribution < 1.29 is 9.90 Å². The van der Waals surface area contributed by atoms with Gasteiger partial charge >= 0.3 is 5.97 Å². The van der Waals surface area contributed by atoms with Gasteiger partial charge in [0.25, 0.3) is 0 Å². The van der Waals surface area contributed by atoms with Crippen LogP contribution in [0.15, 0.2) is 24.4 Å². The molecule has 3 heterocycles. The Morgan fingerprint density at radius 3 is 3.10 bits per heavy atom. The number of likely N-dealkylation sites (tertiary alicyclic amines) is 1. The largest absolute Gasteiger partial charge is 0.477 e. The van der Waals surface area contributed by atoms with Crippen LogP contribution in [0.5, 0.6) is 0 Å². The number of carbonyl (C=O) groups is 1. The smallest absolute Gasteiger partial charge is 0.352 e. The first-order chi connectivity index (χ1) is 10.2. The summed E-state index contributed by atoms with van der Waals surface area (Å²) < 4.78 is 1.78. The summed E-state index contributed by atoms with van der Waals surface area (Å²) in [5.41, 5.74) is 1.15. The maximum Gasteiger partial charge on any atom is 0.352 e. The number of nitrogens with zero attached hydrogens (tertiary/aromatic N) is 3. The van der Waals surface area contributed by atoms with Crippen LogP contribution >= 0.6 is 0 Å². The van der Waals surface area contributed by atoms with Gasteiger partial charge in [-0.25, -0.2) is 9.78 Å². The van der Waals surface area contributed by atoms with E-state index >= 15 is 0 Å². The number of fused-ring (bicyclic) bond motifs is 1. The van der Waals surface area contributed by atoms with E-state index in [2.05, 4.69) is 16.8 Å². The summed E-state index contributed by atoms with van der Waals surface area (Å²) in [6.45, 7) is 5.53. The van der Waals surface area contributed by atoms with Crippen LogP contribution in [-0.4, -0.2) is 45.0 Å². The van der Waals surface area contributed by atoms with E-state index in [0.29, 0.717) is 11.6 Å².